The van der Waals surface area contributed by atoms with Crippen molar-refractivity contribution in [3.63, 3.8) is 0 Å². The van der Waals surface area contributed by atoms with E-state index in [2.05, 4.69) is 5.32 Å². The largest absolute Gasteiger partial charge is 0.463 e. The van der Waals surface area contributed by atoms with Crippen LogP contribution >= 0.6 is 0 Å². The van der Waals surface area contributed by atoms with Crippen molar-refractivity contribution in [1.29, 1.82) is 0 Å². The first-order chi connectivity index (χ1) is 14.2. The Hall–Kier alpha value is -2.82. The number of aliphatic hydroxyl groups excluding tert-OH is 1. The van der Waals surface area contributed by atoms with Crippen molar-refractivity contribution in [3.8, 4) is 0 Å². The fraction of sp³-hybridized carbons (Fsp3) is 0.500. The second-order valence-corrected chi connectivity index (χ2v) is 6.71. The lowest BCUT2D eigenvalue weighted by molar-refractivity contribution is -0.264. The van der Waals surface area contributed by atoms with Gasteiger partial charge in [-0.3, -0.25) is 24.5 Å². The number of rotatable bonds is 8. The van der Waals surface area contributed by atoms with Gasteiger partial charge in [0.25, 0.3) is 0 Å². The molecule has 5 atom stereocenters. The Bertz CT molecular complexity index is 767. The smallest absolute Gasteiger partial charge is 0.303 e. The summed E-state index contributed by atoms with van der Waals surface area (Å²) < 4.78 is 20.9. The molecular formula is C20H25NO9. The van der Waals surface area contributed by atoms with Crippen LogP contribution in [0.2, 0.25) is 0 Å². The van der Waals surface area contributed by atoms with Gasteiger partial charge < -0.3 is 24.1 Å². The van der Waals surface area contributed by atoms with E-state index in [-0.39, 0.29) is 18.9 Å². The minimum atomic E-state index is -1.54. The monoisotopic (exact) mass is 423 g/mol. The molecule has 0 radical (unpaired) electrons. The molecule has 0 spiro atoms. The van der Waals surface area contributed by atoms with Crippen molar-refractivity contribution in [1.82, 2.24) is 5.32 Å². The van der Waals surface area contributed by atoms with Crippen molar-refractivity contribution in [2.75, 3.05) is 13.2 Å². The maximum Gasteiger partial charge on any atom is 0.303 e. The maximum absolute atomic E-state index is 12.4. The molecule has 3 unspecified atom stereocenters. The Labute approximate surface area is 173 Å². The normalized spacial score (nSPS) is 25.8. The molecule has 1 aromatic carbocycles. The molecule has 30 heavy (non-hydrogen) atoms. The van der Waals surface area contributed by atoms with Gasteiger partial charge in [0.15, 0.2) is 24.3 Å². The van der Waals surface area contributed by atoms with E-state index < -0.39 is 48.6 Å². The van der Waals surface area contributed by atoms with E-state index in [1.807, 2.05) is 0 Å². The minimum Gasteiger partial charge on any atom is -0.463 e. The fourth-order valence-corrected chi connectivity index (χ4v) is 3.07. The number of hydrogen-bond acceptors (Lipinski definition) is 10. The topological polar surface area (TPSA) is 137 Å². The molecule has 1 fully saturated rings. The van der Waals surface area contributed by atoms with Crippen LogP contribution in [-0.4, -0.2) is 72.6 Å². The predicted molar refractivity (Wildman–Crippen MR) is 101 cm³/mol. The van der Waals surface area contributed by atoms with Gasteiger partial charge in [0.2, 0.25) is 0 Å². The maximum atomic E-state index is 12.4. The average molecular weight is 423 g/mol. The Kier molecular flexibility index (Phi) is 8.46. The highest BCUT2D eigenvalue weighted by Gasteiger charge is 2.49. The van der Waals surface area contributed by atoms with Crippen LogP contribution in [0, 0.1) is 0 Å². The molecule has 1 aromatic rings. The van der Waals surface area contributed by atoms with E-state index in [1.165, 1.54) is 6.92 Å². The second-order valence-electron chi connectivity index (χ2n) is 6.71. The van der Waals surface area contributed by atoms with Crippen molar-refractivity contribution in [3.05, 3.63) is 35.9 Å². The molecule has 2 N–H and O–H groups in total. The third-order valence-electron chi connectivity index (χ3n) is 4.31. The van der Waals surface area contributed by atoms with Crippen LogP contribution in [0.4, 0.5) is 0 Å². The molecule has 0 aromatic heterocycles. The van der Waals surface area contributed by atoms with Gasteiger partial charge in [-0.05, 0) is 0 Å². The number of carbonyl (C=O) groups is 4. The van der Waals surface area contributed by atoms with Crippen LogP contribution in [0.15, 0.2) is 30.3 Å². The van der Waals surface area contributed by atoms with Crippen molar-refractivity contribution in [2.45, 2.75) is 51.4 Å². The zero-order chi connectivity index (χ0) is 22.3. The molecule has 10 nitrogen and oxygen atoms in total. The zero-order valence-corrected chi connectivity index (χ0v) is 16.9. The summed E-state index contributed by atoms with van der Waals surface area (Å²) in [5, 5.41) is 13.3. The summed E-state index contributed by atoms with van der Waals surface area (Å²) in [5.41, 5.74) is 0.449. The quantitative estimate of drug-likeness (QED) is 0.333. The van der Waals surface area contributed by atoms with Crippen molar-refractivity contribution in [2.24, 2.45) is 0 Å². The van der Waals surface area contributed by atoms with Gasteiger partial charge in [-0.2, -0.15) is 0 Å². The number of aliphatic hydroxyl groups is 1. The summed E-state index contributed by atoms with van der Waals surface area (Å²) in [5.74, 6) is -2.26. The van der Waals surface area contributed by atoms with Crippen LogP contribution in [0.25, 0.3) is 0 Å². The third-order valence-corrected chi connectivity index (χ3v) is 4.31. The van der Waals surface area contributed by atoms with Crippen LogP contribution in [0.3, 0.4) is 0 Å². The Balaban J connectivity index is 2.21. The third kappa shape index (κ3) is 6.61. The fourth-order valence-electron chi connectivity index (χ4n) is 3.07. The Morgan fingerprint density at radius 1 is 0.967 bits per heavy atom. The molecule has 10 heteroatoms. The minimum absolute atomic E-state index is 0.200. The first kappa shape index (κ1) is 23.5. The van der Waals surface area contributed by atoms with Gasteiger partial charge in [0.05, 0.1) is 12.6 Å². The van der Waals surface area contributed by atoms with Crippen LogP contribution in [0.1, 0.15) is 31.1 Å². The molecular weight excluding hydrogens is 398 g/mol. The van der Waals surface area contributed by atoms with Gasteiger partial charge in [0, 0.05) is 26.3 Å². The first-order valence-electron chi connectivity index (χ1n) is 9.32. The number of ketones is 1. The SMILES string of the molecule is CC(=O)OCC1OC(O)[C@@H](NCC(=O)c2ccccc2)C(OC(C)=O)[C@@H]1OC(C)=O. The molecule has 1 heterocycles. The molecule has 1 saturated heterocycles. The standard InChI is InChI=1S/C20H25NO9/c1-11(22)27-10-16-18(28-12(2)23)19(29-13(3)24)17(20(26)30-16)21-9-15(25)14-7-5-4-6-8-14/h4-8,16-21,26H,9-10H2,1-3H3/t16?,17-,18+,19?,20?/m0/s1. The van der Waals surface area contributed by atoms with Crippen LogP contribution < -0.4 is 5.32 Å². The number of nitrogens with one attached hydrogen (secondary N) is 1. The van der Waals surface area contributed by atoms with Gasteiger partial charge in [-0.15, -0.1) is 0 Å². The molecule has 1 aliphatic heterocycles. The number of hydrogen-bond donors (Lipinski definition) is 2. The van der Waals surface area contributed by atoms with Gasteiger partial charge in [-0.25, -0.2) is 0 Å². The lowest BCUT2D eigenvalue weighted by Gasteiger charge is -2.43. The predicted octanol–water partition coefficient (Wildman–Crippen LogP) is -0.0288. The number of ether oxygens (including phenoxy) is 4. The van der Waals surface area contributed by atoms with Gasteiger partial charge in [-0.1, -0.05) is 30.3 Å². The number of carbonyl (C=O) groups excluding carboxylic acids is 4. The number of esters is 3. The van der Waals surface area contributed by atoms with E-state index in [9.17, 15) is 24.3 Å². The summed E-state index contributed by atoms with van der Waals surface area (Å²) >= 11 is 0. The summed E-state index contributed by atoms with van der Waals surface area (Å²) in [6.45, 7) is 2.95. The number of Topliss-reactive ketones (excluding diaryl/α,β-unsaturated/α-hetero) is 1. The van der Waals surface area contributed by atoms with Crippen molar-refractivity contribution >= 4 is 23.7 Å². The molecule has 2 rings (SSSR count). The van der Waals surface area contributed by atoms with Gasteiger partial charge in [0.1, 0.15) is 12.7 Å². The highest BCUT2D eigenvalue weighted by Crippen LogP contribution is 2.26. The van der Waals surface area contributed by atoms with E-state index in [1.54, 1.807) is 30.3 Å². The highest BCUT2D eigenvalue weighted by atomic mass is 16.7. The lowest BCUT2D eigenvalue weighted by atomic mass is 9.96. The summed E-state index contributed by atoms with van der Waals surface area (Å²) in [4.78, 5) is 46.8. The lowest BCUT2D eigenvalue weighted by Crippen LogP contribution is -2.65. The van der Waals surface area contributed by atoms with E-state index in [0.29, 0.717) is 5.56 Å². The molecule has 1 aliphatic rings. The summed E-state index contributed by atoms with van der Waals surface area (Å²) in [7, 11) is 0. The summed E-state index contributed by atoms with van der Waals surface area (Å²) in [6, 6.07) is 7.39. The molecule has 0 saturated carbocycles. The molecule has 164 valence electrons. The number of benzene rings is 1. The molecule has 0 amide bonds. The highest BCUT2D eigenvalue weighted by molar-refractivity contribution is 5.97. The molecule has 0 bridgehead atoms. The van der Waals surface area contributed by atoms with Crippen LogP contribution in [0.5, 0.6) is 0 Å². The first-order valence-corrected chi connectivity index (χ1v) is 9.32. The summed E-state index contributed by atoms with van der Waals surface area (Å²) in [6.07, 6.45) is -5.00. The van der Waals surface area contributed by atoms with Crippen LogP contribution in [-0.2, 0) is 33.3 Å². The van der Waals surface area contributed by atoms with E-state index in [0.717, 1.165) is 13.8 Å². The van der Waals surface area contributed by atoms with Crippen molar-refractivity contribution < 1.29 is 43.2 Å². The Morgan fingerprint density at radius 3 is 2.13 bits per heavy atom. The van der Waals surface area contributed by atoms with E-state index in [4.69, 9.17) is 18.9 Å². The average Bonchev–Trinajstić information content (AvgIpc) is 2.68. The Morgan fingerprint density at radius 2 is 1.57 bits per heavy atom. The molecule has 0 aliphatic carbocycles. The van der Waals surface area contributed by atoms with E-state index >= 15 is 0 Å². The van der Waals surface area contributed by atoms with Gasteiger partial charge >= 0.3 is 17.9 Å². The zero-order valence-electron chi connectivity index (χ0n) is 16.9. The second kappa shape index (κ2) is 10.8.